The van der Waals surface area contributed by atoms with Crippen molar-refractivity contribution in [3.63, 3.8) is 0 Å². The summed E-state index contributed by atoms with van der Waals surface area (Å²) in [4.78, 5) is 0. The topological polar surface area (TPSA) is 40.5 Å². The van der Waals surface area contributed by atoms with Crippen molar-refractivity contribution in [1.82, 2.24) is 4.31 Å². The van der Waals surface area contributed by atoms with Crippen molar-refractivity contribution in [2.24, 2.45) is 0 Å². The Morgan fingerprint density at radius 3 is 2.94 bits per heavy atom. The zero-order valence-corrected chi connectivity index (χ0v) is 9.86. The Morgan fingerprint density at radius 1 is 1.59 bits per heavy atom. The summed E-state index contributed by atoms with van der Waals surface area (Å²) in [5, 5.41) is 0. The Morgan fingerprint density at radius 2 is 2.29 bits per heavy atom. The van der Waals surface area contributed by atoms with Crippen molar-refractivity contribution in [3.8, 4) is 12.3 Å². The third-order valence-electron chi connectivity index (χ3n) is 2.89. The lowest BCUT2D eigenvalue weighted by Crippen LogP contribution is -2.34. The third kappa shape index (κ3) is 2.25. The van der Waals surface area contributed by atoms with Crippen molar-refractivity contribution >= 4 is 11.3 Å². The van der Waals surface area contributed by atoms with E-state index in [2.05, 4.69) is 5.92 Å². The summed E-state index contributed by atoms with van der Waals surface area (Å²) < 4.78 is 35.4. The molecule has 0 amide bonds. The van der Waals surface area contributed by atoms with Gasteiger partial charge in [0.25, 0.3) is 0 Å². The molecule has 0 saturated heterocycles. The quantitative estimate of drug-likeness (QED) is 0.658. The molecule has 0 heterocycles. The Labute approximate surface area is 102 Å². The van der Waals surface area contributed by atoms with Gasteiger partial charge in [-0.2, -0.15) is 4.31 Å². The number of hydrogen-bond acceptors (Lipinski definition) is 1. The second-order valence-corrected chi connectivity index (χ2v) is 4.80. The molecule has 0 spiro atoms. The molecule has 17 heavy (non-hydrogen) atoms. The molecule has 0 bridgehead atoms. The molecule has 0 radical (unpaired) electrons. The lowest BCUT2D eigenvalue weighted by Gasteiger charge is -2.24. The Bertz CT molecular complexity index is 486. The third-order valence-corrected chi connectivity index (χ3v) is 3.65. The molecule has 3 atom stereocenters. The molecule has 1 unspecified atom stereocenters. The maximum absolute atomic E-state index is 14.0. The highest BCUT2D eigenvalue weighted by Crippen LogP contribution is 2.38. The fourth-order valence-corrected chi connectivity index (χ4v) is 2.83. The fourth-order valence-electron chi connectivity index (χ4n) is 2.20. The van der Waals surface area contributed by atoms with Crippen LogP contribution in [0, 0.1) is 12.3 Å². The van der Waals surface area contributed by atoms with Crippen LogP contribution in [0.3, 0.4) is 0 Å². The number of hydrogen-bond donors (Lipinski definition) is 1. The van der Waals surface area contributed by atoms with Crippen LogP contribution in [-0.2, 0) is 17.7 Å². The van der Waals surface area contributed by atoms with Gasteiger partial charge < -0.3 is 0 Å². The van der Waals surface area contributed by atoms with Crippen LogP contribution in [0.2, 0.25) is 0 Å². The number of nitrogens with zero attached hydrogens (tertiary/aromatic N) is 1. The summed E-state index contributed by atoms with van der Waals surface area (Å²) in [7, 11) is 0. The average molecular weight is 253 g/mol. The standard InChI is InChI=1S/C12H12FNO2S/c1-2-7-14(17(15)16)12-10-6-4-3-5-9(10)8-11(12)13/h1,3-6,11-12H,7-8H2,(H,15,16)/t11-,12-/m0/s1. The summed E-state index contributed by atoms with van der Waals surface area (Å²) in [6.07, 6.45) is 4.21. The predicted molar refractivity (Wildman–Crippen MR) is 64.1 cm³/mol. The van der Waals surface area contributed by atoms with E-state index < -0.39 is 23.5 Å². The second kappa shape index (κ2) is 4.96. The van der Waals surface area contributed by atoms with Gasteiger partial charge >= 0.3 is 0 Å². The number of alkyl halides is 1. The van der Waals surface area contributed by atoms with Gasteiger partial charge in [-0.25, -0.2) is 8.60 Å². The largest absolute Gasteiger partial charge is 0.294 e. The van der Waals surface area contributed by atoms with Gasteiger partial charge in [-0.1, -0.05) is 30.2 Å². The highest BCUT2D eigenvalue weighted by atomic mass is 32.2. The minimum absolute atomic E-state index is 0.0530. The molecule has 90 valence electrons. The SMILES string of the molecule is C#CCN([C@H]1c2ccccc2C[C@@H]1F)S(=O)O. The molecular formula is C12H12FNO2S. The number of halogens is 1. The van der Waals surface area contributed by atoms with Crippen molar-refractivity contribution in [3.05, 3.63) is 35.4 Å². The lowest BCUT2D eigenvalue weighted by atomic mass is 10.1. The summed E-state index contributed by atoms with van der Waals surface area (Å²) in [5.41, 5.74) is 1.62. The molecule has 1 aromatic rings. The maximum atomic E-state index is 14.0. The van der Waals surface area contributed by atoms with Gasteiger partial charge in [0.1, 0.15) is 6.17 Å². The summed E-state index contributed by atoms with van der Waals surface area (Å²) in [5.74, 6) is 2.28. The van der Waals surface area contributed by atoms with E-state index >= 15 is 0 Å². The van der Waals surface area contributed by atoms with Crippen LogP contribution in [0.1, 0.15) is 17.2 Å². The van der Waals surface area contributed by atoms with Gasteiger partial charge in [-0.05, 0) is 11.1 Å². The molecule has 0 aromatic heterocycles. The van der Waals surface area contributed by atoms with Crippen LogP contribution in [0.5, 0.6) is 0 Å². The van der Waals surface area contributed by atoms with Crippen molar-refractivity contribution in [2.45, 2.75) is 18.6 Å². The van der Waals surface area contributed by atoms with Crippen LogP contribution >= 0.6 is 0 Å². The molecule has 3 nitrogen and oxygen atoms in total. The van der Waals surface area contributed by atoms with Crippen LogP contribution in [0.25, 0.3) is 0 Å². The van der Waals surface area contributed by atoms with Crippen LogP contribution in [0.4, 0.5) is 4.39 Å². The molecule has 1 N–H and O–H groups in total. The highest BCUT2D eigenvalue weighted by Gasteiger charge is 2.38. The molecule has 1 aliphatic rings. The van der Waals surface area contributed by atoms with E-state index in [9.17, 15) is 13.2 Å². The first kappa shape index (κ1) is 12.2. The number of rotatable bonds is 3. The lowest BCUT2D eigenvalue weighted by molar-refractivity contribution is 0.205. The minimum Gasteiger partial charge on any atom is -0.294 e. The van der Waals surface area contributed by atoms with E-state index in [1.54, 1.807) is 12.1 Å². The average Bonchev–Trinajstić information content (AvgIpc) is 2.62. The molecule has 0 fully saturated rings. The normalized spacial score (nSPS) is 24.4. The number of fused-ring (bicyclic) bond motifs is 1. The zero-order chi connectivity index (χ0) is 12.4. The molecule has 5 heteroatoms. The van der Waals surface area contributed by atoms with Gasteiger partial charge in [-0.3, -0.25) is 4.55 Å². The molecular weight excluding hydrogens is 241 g/mol. The zero-order valence-electron chi connectivity index (χ0n) is 9.04. The Kier molecular flexibility index (Phi) is 3.57. The van der Waals surface area contributed by atoms with E-state index in [1.165, 1.54) is 0 Å². The summed E-state index contributed by atoms with van der Waals surface area (Å²) in [6, 6.07) is 6.49. The van der Waals surface area contributed by atoms with E-state index in [0.29, 0.717) is 0 Å². The first-order valence-electron chi connectivity index (χ1n) is 5.18. The molecule has 2 rings (SSSR count). The van der Waals surface area contributed by atoms with Crippen molar-refractivity contribution in [2.75, 3.05) is 6.54 Å². The maximum Gasteiger partial charge on any atom is 0.236 e. The smallest absolute Gasteiger partial charge is 0.236 e. The minimum atomic E-state index is -2.27. The van der Waals surface area contributed by atoms with Gasteiger partial charge in [0.05, 0.1) is 12.6 Å². The van der Waals surface area contributed by atoms with Crippen molar-refractivity contribution in [1.29, 1.82) is 0 Å². The first-order valence-corrected chi connectivity index (χ1v) is 6.24. The van der Waals surface area contributed by atoms with Crippen LogP contribution in [-0.4, -0.2) is 25.8 Å². The van der Waals surface area contributed by atoms with E-state index in [0.717, 1.165) is 15.4 Å². The Balaban J connectivity index is 2.38. The van der Waals surface area contributed by atoms with Gasteiger partial charge in [0, 0.05) is 6.42 Å². The highest BCUT2D eigenvalue weighted by molar-refractivity contribution is 7.76. The first-order chi connectivity index (χ1) is 8.15. The number of benzene rings is 1. The van der Waals surface area contributed by atoms with E-state index in [4.69, 9.17) is 6.42 Å². The monoisotopic (exact) mass is 253 g/mol. The molecule has 0 saturated carbocycles. The number of terminal acetylenes is 1. The van der Waals surface area contributed by atoms with Crippen molar-refractivity contribution < 1.29 is 13.2 Å². The molecule has 0 aliphatic heterocycles. The van der Waals surface area contributed by atoms with E-state index in [1.807, 2.05) is 12.1 Å². The van der Waals surface area contributed by atoms with Crippen LogP contribution in [0.15, 0.2) is 24.3 Å². The van der Waals surface area contributed by atoms with Crippen LogP contribution < -0.4 is 0 Å². The predicted octanol–water partition coefficient (Wildman–Crippen LogP) is 1.69. The summed E-state index contributed by atoms with van der Waals surface area (Å²) in [6.45, 7) is -0.0530. The van der Waals surface area contributed by atoms with Gasteiger partial charge in [0.2, 0.25) is 11.3 Å². The molecule has 1 aromatic carbocycles. The van der Waals surface area contributed by atoms with Gasteiger partial charge in [-0.15, -0.1) is 6.42 Å². The molecule has 1 aliphatic carbocycles. The second-order valence-electron chi connectivity index (χ2n) is 3.87. The van der Waals surface area contributed by atoms with Gasteiger partial charge in [0.15, 0.2) is 0 Å². The summed E-state index contributed by atoms with van der Waals surface area (Å²) >= 11 is -2.27. The Hall–Kier alpha value is -1.22. The fraction of sp³-hybridized carbons (Fsp3) is 0.333. The van der Waals surface area contributed by atoms with E-state index in [-0.39, 0.29) is 13.0 Å².